The van der Waals surface area contributed by atoms with Crippen LogP contribution >= 0.6 is 11.6 Å². The third kappa shape index (κ3) is 5.04. The molecule has 2 heterocycles. The molecule has 1 aromatic heterocycles. The van der Waals surface area contributed by atoms with Gasteiger partial charge >= 0.3 is 6.09 Å². The minimum atomic E-state index is -0.469. The molecule has 1 N–H and O–H groups in total. The average molecular weight is 313 g/mol. The predicted molar refractivity (Wildman–Crippen MR) is 81.6 cm³/mol. The van der Waals surface area contributed by atoms with E-state index in [-0.39, 0.29) is 6.09 Å². The lowest BCUT2D eigenvalue weighted by atomic mass is 10.1. The van der Waals surface area contributed by atoms with Gasteiger partial charge in [0, 0.05) is 19.6 Å². The molecule has 1 atom stereocenters. The number of nitrogens with one attached hydrogen (secondary N) is 1. The number of aromatic nitrogens is 2. The first-order chi connectivity index (χ1) is 9.83. The number of anilines is 1. The molecule has 7 heteroatoms. The second-order valence-electron chi connectivity index (χ2n) is 6.18. The Bertz CT molecular complexity index is 487. The van der Waals surface area contributed by atoms with Crippen molar-refractivity contribution in [3.05, 3.63) is 17.4 Å². The van der Waals surface area contributed by atoms with E-state index in [1.165, 1.54) is 0 Å². The summed E-state index contributed by atoms with van der Waals surface area (Å²) in [5.74, 6) is 1.05. The maximum atomic E-state index is 11.6. The Balaban J connectivity index is 1.78. The zero-order chi connectivity index (χ0) is 15.5. The fourth-order valence-corrected chi connectivity index (χ4v) is 2.29. The maximum Gasteiger partial charge on any atom is 0.407 e. The molecule has 1 aliphatic rings. The summed E-state index contributed by atoms with van der Waals surface area (Å²) in [6.45, 7) is 7.84. The Kier molecular flexibility index (Phi) is 4.88. The molecule has 0 aliphatic carbocycles. The molecule has 6 nitrogen and oxygen atoms in total. The van der Waals surface area contributed by atoms with Crippen molar-refractivity contribution < 1.29 is 9.53 Å². The number of halogens is 1. The number of ether oxygens (including phenoxy) is 1. The van der Waals surface area contributed by atoms with E-state index in [0.29, 0.717) is 23.4 Å². The third-order valence-electron chi connectivity index (χ3n) is 3.11. The molecule has 0 radical (unpaired) electrons. The van der Waals surface area contributed by atoms with Gasteiger partial charge in [0.05, 0.1) is 17.4 Å². The lowest BCUT2D eigenvalue weighted by molar-refractivity contribution is 0.0520. The van der Waals surface area contributed by atoms with Gasteiger partial charge < -0.3 is 15.0 Å². The van der Waals surface area contributed by atoms with E-state index < -0.39 is 5.60 Å². The molecule has 116 valence electrons. The molecule has 0 saturated carbocycles. The van der Waals surface area contributed by atoms with Gasteiger partial charge in [0.25, 0.3) is 0 Å². The number of hydrogen-bond acceptors (Lipinski definition) is 5. The Labute approximate surface area is 129 Å². The quantitative estimate of drug-likeness (QED) is 0.928. The number of amides is 1. The Morgan fingerprint density at radius 1 is 1.48 bits per heavy atom. The fraction of sp³-hybridized carbons (Fsp3) is 0.643. The van der Waals surface area contributed by atoms with Gasteiger partial charge in [-0.3, -0.25) is 0 Å². The SMILES string of the molecule is CC(C)(C)OC(=O)NC[C@@H]1CCN(c2ncc(Cl)cn2)C1. The number of carbonyl (C=O) groups is 1. The van der Waals surface area contributed by atoms with Crippen LogP contribution in [0.2, 0.25) is 5.02 Å². The van der Waals surface area contributed by atoms with Crippen LogP contribution in [0.3, 0.4) is 0 Å². The van der Waals surface area contributed by atoms with Crippen LogP contribution in [0, 0.1) is 5.92 Å². The van der Waals surface area contributed by atoms with E-state index in [0.717, 1.165) is 19.5 Å². The van der Waals surface area contributed by atoms with Crippen LogP contribution in [0.15, 0.2) is 12.4 Å². The molecule has 0 unspecified atom stereocenters. The van der Waals surface area contributed by atoms with Crippen molar-refractivity contribution in [2.45, 2.75) is 32.8 Å². The first-order valence-electron chi connectivity index (χ1n) is 7.03. The van der Waals surface area contributed by atoms with Gasteiger partial charge in [0.1, 0.15) is 5.60 Å². The summed E-state index contributed by atoms with van der Waals surface area (Å²) in [5, 5.41) is 3.34. The van der Waals surface area contributed by atoms with Crippen molar-refractivity contribution >= 4 is 23.6 Å². The first-order valence-corrected chi connectivity index (χ1v) is 7.40. The van der Waals surface area contributed by atoms with Gasteiger partial charge in [-0.25, -0.2) is 14.8 Å². The highest BCUT2D eigenvalue weighted by atomic mass is 35.5. The van der Waals surface area contributed by atoms with Gasteiger partial charge in [-0.15, -0.1) is 0 Å². The molecule has 0 aromatic carbocycles. The van der Waals surface area contributed by atoms with Crippen LogP contribution in [0.5, 0.6) is 0 Å². The Hall–Kier alpha value is -1.56. The Morgan fingerprint density at radius 2 is 2.14 bits per heavy atom. The molecule has 1 saturated heterocycles. The zero-order valence-electron chi connectivity index (χ0n) is 12.6. The van der Waals surface area contributed by atoms with E-state index in [1.807, 2.05) is 20.8 Å². The van der Waals surface area contributed by atoms with Crippen molar-refractivity contribution in [2.75, 3.05) is 24.5 Å². The number of carbonyl (C=O) groups excluding carboxylic acids is 1. The number of nitrogens with zero attached hydrogens (tertiary/aromatic N) is 3. The molecule has 0 bridgehead atoms. The average Bonchev–Trinajstić information content (AvgIpc) is 2.84. The van der Waals surface area contributed by atoms with Crippen molar-refractivity contribution in [1.29, 1.82) is 0 Å². The topological polar surface area (TPSA) is 67.3 Å². The second-order valence-corrected chi connectivity index (χ2v) is 6.62. The normalized spacial score (nSPS) is 18.7. The van der Waals surface area contributed by atoms with Crippen LogP contribution in [0.1, 0.15) is 27.2 Å². The van der Waals surface area contributed by atoms with Gasteiger partial charge in [-0.05, 0) is 33.1 Å². The van der Waals surface area contributed by atoms with Gasteiger partial charge in [-0.2, -0.15) is 0 Å². The Morgan fingerprint density at radius 3 is 2.76 bits per heavy atom. The molecule has 1 aliphatic heterocycles. The molecular weight excluding hydrogens is 292 g/mol. The summed E-state index contributed by atoms with van der Waals surface area (Å²) in [6.07, 6.45) is 3.80. The summed E-state index contributed by atoms with van der Waals surface area (Å²) in [7, 11) is 0. The van der Waals surface area contributed by atoms with Crippen molar-refractivity contribution in [3.8, 4) is 0 Å². The minimum Gasteiger partial charge on any atom is -0.444 e. The van der Waals surface area contributed by atoms with E-state index in [1.54, 1.807) is 12.4 Å². The molecule has 0 spiro atoms. The summed E-state index contributed by atoms with van der Waals surface area (Å²) in [4.78, 5) is 22.1. The standard InChI is InChI=1S/C14H21ClN4O2/c1-14(2,3)21-13(20)18-6-10-4-5-19(9-10)12-16-7-11(15)8-17-12/h7-8,10H,4-6,9H2,1-3H3,(H,18,20)/t10-/m0/s1. The highest BCUT2D eigenvalue weighted by Gasteiger charge is 2.25. The second kappa shape index (κ2) is 6.47. The van der Waals surface area contributed by atoms with Crippen LogP contribution in [-0.4, -0.2) is 41.3 Å². The van der Waals surface area contributed by atoms with E-state index in [9.17, 15) is 4.79 Å². The highest BCUT2D eigenvalue weighted by Crippen LogP contribution is 2.20. The van der Waals surface area contributed by atoms with Crippen LogP contribution in [-0.2, 0) is 4.74 Å². The van der Waals surface area contributed by atoms with Crippen molar-refractivity contribution in [2.24, 2.45) is 5.92 Å². The van der Waals surface area contributed by atoms with Crippen molar-refractivity contribution in [3.63, 3.8) is 0 Å². The van der Waals surface area contributed by atoms with Crippen LogP contribution in [0.25, 0.3) is 0 Å². The molecule has 21 heavy (non-hydrogen) atoms. The molecule has 1 aromatic rings. The first kappa shape index (κ1) is 15.8. The molecular formula is C14H21ClN4O2. The minimum absolute atomic E-state index is 0.372. The number of hydrogen-bond donors (Lipinski definition) is 1. The summed E-state index contributed by atoms with van der Waals surface area (Å²) in [5.41, 5.74) is -0.469. The third-order valence-corrected chi connectivity index (χ3v) is 3.30. The molecule has 2 rings (SSSR count). The number of alkyl carbamates (subject to hydrolysis) is 1. The predicted octanol–water partition coefficient (Wildman–Crippen LogP) is 2.48. The van der Waals surface area contributed by atoms with Crippen molar-refractivity contribution in [1.82, 2.24) is 15.3 Å². The maximum absolute atomic E-state index is 11.6. The summed E-state index contributed by atoms with van der Waals surface area (Å²) < 4.78 is 5.22. The number of rotatable bonds is 3. The smallest absolute Gasteiger partial charge is 0.407 e. The van der Waals surface area contributed by atoms with Crippen LogP contribution < -0.4 is 10.2 Å². The lowest BCUT2D eigenvalue weighted by Crippen LogP contribution is -2.36. The van der Waals surface area contributed by atoms with E-state index in [2.05, 4.69) is 20.2 Å². The summed E-state index contributed by atoms with van der Waals surface area (Å²) >= 11 is 5.78. The highest BCUT2D eigenvalue weighted by molar-refractivity contribution is 6.30. The van der Waals surface area contributed by atoms with Gasteiger partial charge in [-0.1, -0.05) is 11.6 Å². The molecule has 1 amide bonds. The monoisotopic (exact) mass is 312 g/mol. The van der Waals surface area contributed by atoms with E-state index >= 15 is 0 Å². The zero-order valence-corrected chi connectivity index (χ0v) is 13.4. The fourth-order valence-electron chi connectivity index (χ4n) is 2.19. The molecule has 1 fully saturated rings. The lowest BCUT2D eigenvalue weighted by Gasteiger charge is -2.21. The largest absolute Gasteiger partial charge is 0.444 e. The van der Waals surface area contributed by atoms with Crippen LogP contribution in [0.4, 0.5) is 10.7 Å². The van der Waals surface area contributed by atoms with Gasteiger partial charge in [0.15, 0.2) is 0 Å². The van der Waals surface area contributed by atoms with E-state index in [4.69, 9.17) is 16.3 Å². The summed E-state index contributed by atoms with van der Waals surface area (Å²) in [6, 6.07) is 0. The van der Waals surface area contributed by atoms with Gasteiger partial charge in [0.2, 0.25) is 5.95 Å².